The van der Waals surface area contributed by atoms with E-state index in [4.69, 9.17) is 15.0 Å². The van der Waals surface area contributed by atoms with Crippen LogP contribution in [0.1, 0.15) is 30.9 Å². The van der Waals surface area contributed by atoms with Gasteiger partial charge in [0.05, 0.1) is 6.61 Å². The van der Waals surface area contributed by atoms with Gasteiger partial charge in [0.15, 0.2) is 0 Å². The van der Waals surface area contributed by atoms with Crippen LogP contribution in [-0.4, -0.2) is 6.61 Å². The third kappa shape index (κ3) is 2.06. The van der Waals surface area contributed by atoms with Crippen molar-refractivity contribution in [2.75, 3.05) is 6.61 Å². The highest BCUT2D eigenvalue weighted by molar-refractivity contribution is 5.20. The summed E-state index contributed by atoms with van der Waals surface area (Å²) in [5.41, 5.74) is 2.71. The number of hydrogen-bond acceptors (Lipinski definition) is 4. The number of rotatable bonds is 4. The van der Waals surface area contributed by atoms with Crippen LogP contribution in [0.2, 0.25) is 0 Å². The van der Waals surface area contributed by atoms with Gasteiger partial charge in [-0.15, -0.1) is 0 Å². The van der Waals surface area contributed by atoms with Crippen molar-refractivity contribution in [2.45, 2.75) is 25.8 Å². The molecular weight excluding hydrogens is 192 g/mol. The van der Waals surface area contributed by atoms with Gasteiger partial charge in [-0.3, -0.25) is 5.84 Å². The smallest absolute Gasteiger partial charge is 0.136 e. The predicted octanol–water partition coefficient (Wildman–Crippen LogP) is 1.65. The van der Waals surface area contributed by atoms with E-state index in [0.29, 0.717) is 0 Å². The minimum absolute atomic E-state index is 0.159. The van der Waals surface area contributed by atoms with Gasteiger partial charge in [-0.1, -0.05) is 6.92 Å². The summed E-state index contributed by atoms with van der Waals surface area (Å²) < 4.78 is 11.1. The van der Waals surface area contributed by atoms with E-state index < -0.39 is 0 Å². The molecule has 1 aliphatic rings. The first kappa shape index (κ1) is 10.3. The van der Waals surface area contributed by atoms with Crippen molar-refractivity contribution < 1.29 is 9.15 Å². The van der Waals surface area contributed by atoms with Crippen molar-refractivity contribution >= 4 is 0 Å². The normalized spacial score (nSPS) is 17.3. The topological polar surface area (TPSA) is 60.4 Å². The monoisotopic (exact) mass is 208 g/mol. The fourth-order valence-electron chi connectivity index (χ4n) is 1.68. The van der Waals surface area contributed by atoms with Gasteiger partial charge in [0.2, 0.25) is 0 Å². The van der Waals surface area contributed by atoms with Gasteiger partial charge in [0.25, 0.3) is 0 Å². The predicted molar refractivity (Wildman–Crippen MR) is 56.8 cm³/mol. The first-order valence-corrected chi connectivity index (χ1v) is 5.22. The summed E-state index contributed by atoms with van der Waals surface area (Å²) in [7, 11) is 0. The van der Waals surface area contributed by atoms with E-state index in [-0.39, 0.29) is 6.04 Å². The van der Waals surface area contributed by atoms with E-state index >= 15 is 0 Å². The summed E-state index contributed by atoms with van der Waals surface area (Å²) in [6, 6.07) is 3.74. The van der Waals surface area contributed by atoms with Gasteiger partial charge in [-0.25, -0.2) is 5.43 Å². The SMILES string of the molecule is CCc1ccc(C(NN)C2=CCCO2)o1. The lowest BCUT2D eigenvalue weighted by molar-refractivity contribution is 0.207. The Kier molecular flexibility index (Phi) is 3.08. The second-order valence-corrected chi connectivity index (χ2v) is 3.50. The molecule has 1 unspecified atom stereocenters. The van der Waals surface area contributed by atoms with Crippen LogP contribution >= 0.6 is 0 Å². The van der Waals surface area contributed by atoms with E-state index in [1.807, 2.05) is 18.2 Å². The minimum atomic E-state index is -0.159. The van der Waals surface area contributed by atoms with E-state index in [9.17, 15) is 0 Å². The third-order valence-corrected chi connectivity index (χ3v) is 2.50. The fraction of sp³-hybridized carbons (Fsp3) is 0.455. The zero-order valence-corrected chi connectivity index (χ0v) is 8.82. The standard InChI is InChI=1S/C11H16N2O2/c1-2-8-5-6-10(15-8)11(13-12)9-4-3-7-14-9/h4-6,11,13H,2-3,7,12H2,1H3. The third-order valence-electron chi connectivity index (χ3n) is 2.50. The maximum absolute atomic E-state index is 5.63. The molecule has 1 aromatic rings. The molecule has 0 saturated heterocycles. The van der Waals surface area contributed by atoms with Crippen molar-refractivity contribution in [3.8, 4) is 0 Å². The fourth-order valence-corrected chi connectivity index (χ4v) is 1.68. The highest BCUT2D eigenvalue weighted by Gasteiger charge is 2.22. The number of hydrazine groups is 1. The zero-order valence-electron chi connectivity index (χ0n) is 8.82. The molecule has 1 aliphatic heterocycles. The molecule has 15 heavy (non-hydrogen) atoms. The molecule has 0 bridgehead atoms. The van der Waals surface area contributed by atoms with Gasteiger partial charge in [0, 0.05) is 12.8 Å². The van der Waals surface area contributed by atoms with Gasteiger partial charge >= 0.3 is 0 Å². The number of furan rings is 1. The molecule has 0 spiro atoms. The second-order valence-electron chi connectivity index (χ2n) is 3.50. The largest absolute Gasteiger partial charge is 0.496 e. The summed E-state index contributed by atoms with van der Waals surface area (Å²) in [4.78, 5) is 0. The summed E-state index contributed by atoms with van der Waals surface area (Å²) in [5, 5.41) is 0. The average Bonchev–Trinajstić information content (AvgIpc) is 2.89. The number of nitrogens with two attached hydrogens (primary N) is 1. The average molecular weight is 208 g/mol. The van der Waals surface area contributed by atoms with Crippen molar-refractivity contribution in [3.63, 3.8) is 0 Å². The van der Waals surface area contributed by atoms with Crippen LogP contribution in [0.3, 0.4) is 0 Å². The Bertz CT molecular complexity index is 357. The summed E-state index contributed by atoms with van der Waals surface area (Å²) >= 11 is 0. The second kappa shape index (κ2) is 4.51. The Hall–Kier alpha value is -1.26. The molecule has 0 saturated carbocycles. The molecule has 2 rings (SSSR count). The summed E-state index contributed by atoms with van der Waals surface area (Å²) in [5.74, 6) is 8.13. The van der Waals surface area contributed by atoms with Crippen LogP contribution in [0.4, 0.5) is 0 Å². The van der Waals surface area contributed by atoms with Crippen molar-refractivity contribution in [1.29, 1.82) is 0 Å². The van der Waals surface area contributed by atoms with Crippen LogP contribution < -0.4 is 11.3 Å². The molecule has 4 nitrogen and oxygen atoms in total. The Morgan fingerprint density at radius 3 is 2.93 bits per heavy atom. The summed E-state index contributed by atoms with van der Waals surface area (Å²) in [6.45, 7) is 2.79. The number of aryl methyl sites for hydroxylation is 1. The molecule has 0 aromatic carbocycles. The number of nitrogens with one attached hydrogen (secondary N) is 1. The summed E-state index contributed by atoms with van der Waals surface area (Å²) in [6.07, 6.45) is 3.87. The molecule has 0 fully saturated rings. The van der Waals surface area contributed by atoms with E-state index in [1.54, 1.807) is 0 Å². The quantitative estimate of drug-likeness (QED) is 0.583. The lowest BCUT2D eigenvalue weighted by Crippen LogP contribution is -2.29. The van der Waals surface area contributed by atoms with Crippen LogP contribution in [0, 0.1) is 0 Å². The van der Waals surface area contributed by atoms with Crippen LogP contribution in [0.15, 0.2) is 28.4 Å². The Morgan fingerprint density at radius 1 is 1.53 bits per heavy atom. The molecule has 1 atom stereocenters. The molecule has 3 N–H and O–H groups in total. The minimum Gasteiger partial charge on any atom is -0.496 e. The Labute approximate surface area is 89.1 Å². The van der Waals surface area contributed by atoms with Crippen LogP contribution in [0.5, 0.6) is 0 Å². The zero-order chi connectivity index (χ0) is 10.7. The molecule has 0 aliphatic carbocycles. The van der Waals surface area contributed by atoms with Gasteiger partial charge in [-0.05, 0) is 18.2 Å². The Morgan fingerprint density at radius 2 is 2.40 bits per heavy atom. The molecular formula is C11H16N2O2. The lowest BCUT2D eigenvalue weighted by atomic mass is 10.2. The van der Waals surface area contributed by atoms with E-state index in [0.717, 1.165) is 36.7 Å². The maximum Gasteiger partial charge on any atom is 0.136 e. The number of ether oxygens (including phenoxy) is 1. The molecule has 2 heterocycles. The van der Waals surface area contributed by atoms with E-state index in [2.05, 4.69) is 12.3 Å². The highest BCUT2D eigenvalue weighted by Crippen LogP contribution is 2.27. The van der Waals surface area contributed by atoms with Crippen molar-refractivity contribution in [2.24, 2.45) is 5.84 Å². The van der Waals surface area contributed by atoms with Crippen molar-refractivity contribution in [3.05, 3.63) is 35.5 Å². The van der Waals surface area contributed by atoms with Crippen LogP contribution in [0.25, 0.3) is 0 Å². The molecule has 82 valence electrons. The van der Waals surface area contributed by atoms with Gasteiger partial charge in [-0.2, -0.15) is 0 Å². The first-order chi connectivity index (χ1) is 7.35. The molecule has 0 radical (unpaired) electrons. The lowest BCUT2D eigenvalue weighted by Gasteiger charge is -2.14. The number of hydrogen-bond donors (Lipinski definition) is 2. The molecule has 4 heteroatoms. The van der Waals surface area contributed by atoms with Gasteiger partial charge in [0.1, 0.15) is 23.3 Å². The maximum atomic E-state index is 5.63. The van der Waals surface area contributed by atoms with E-state index in [1.165, 1.54) is 0 Å². The van der Waals surface area contributed by atoms with Crippen LogP contribution in [-0.2, 0) is 11.2 Å². The molecule has 0 amide bonds. The molecule has 1 aromatic heterocycles. The van der Waals surface area contributed by atoms with Crippen molar-refractivity contribution in [1.82, 2.24) is 5.43 Å². The first-order valence-electron chi connectivity index (χ1n) is 5.22. The highest BCUT2D eigenvalue weighted by atomic mass is 16.5. The Balaban J connectivity index is 2.18. The van der Waals surface area contributed by atoms with Gasteiger partial charge < -0.3 is 9.15 Å².